The molecule has 0 saturated heterocycles. The third-order valence-electron chi connectivity index (χ3n) is 1.14. The number of nitrogens with one attached hydrogen (secondary N) is 1. The van der Waals surface area contributed by atoms with Crippen molar-refractivity contribution in [2.75, 3.05) is 0 Å². The molecule has 1 nitrogen and oxygen atoms in total. The molecule has 1 heterocycles. The molecule has 0 bridgehead atoms. The van der Waals surface area contributed by atoms with E-state index in [-0.39, 0.29) is 0 Å². The summed E-state index contributed by atoms with van der Waals surface area (Å²) in [6.45, 7) is 1.87. The number of pyridine rings is 1. The average Bonchev–Trinajstić information content (AvgIpc) is 1.83. The van der Waals surface area contributed by atoms with E-state index >= 15 is 0 Å². The minimum Gasteiger partial charge on any atom is -0.215 e. The molecule has 0 aliphatic heterocycles. The summed E-state index contributed by atoms with van der Waals surface area (Å²) < 4.78 is 0. The van der Waals surface area contributed by atoms with Crippen molar-refractivity contribution in [1.82, 2.24) is 0 Å². The Kier molecular flexibility index (Phi) is 1.94. The van der Waals surface area contributed by atoms with Crippen LogP contribution in [0.3, 0.4) is 0 Å². The van der Waals surface area contributed by atoms with Crippen molar-refractivity contribution in [2.24, 2.45) is 0 Å². The predicted octanol–water partition coefficient (Wildman–Crippen LogP) is 2.12. The highest BCUT2D eigenvalue weighted by atomic mass is 35.5. The van der Waals surface area contributed by atoms with Crippen molar-refractivity contribution < 1.29 is 4.98 Å². The Morgan fingerprint density at radius 2 is 1.67 bits per heavy atom. The first-order valence-electron chi connectivity index (χ1n) is 2.53. The lowest BCUT2D eigenvalue weighted by Gasteiger charge is -1.91. The Balaban J connectivity index is 3.25. The van der Waals surface area contributed by atoms with Crippen LogP contribution < -0.4 is 4.98 Å². The van der Waals surface area contributed by atoms with Crippen molar-refractivity contribution in [1.29, 1.82) is 0 Å². The topological polar surface area (TPSA) is 14.1 Å². The van der Waals surface area contributed by atoms with Gasteiger partial charge in [-0.15, -0.1) is 0 Å². The van der Waals surface area contributed by atoms with Gasteiger partial charge in [0.05, 0.1) is 0 Å². The second-order valence-electron chi connectivity index (χ2n) is 1.78. The summed E-state index contributed by atoms with van der Waals surface area (Å²) in [5, 5.41) is 1.34. The van der Waals surface area contributed by atoms with Gasteiger partial charge in [-0.05, 0) is 12.5 Å². The highest BCUT2D eigenvalue weighted by Crippen LogP contribution is 2.18. The van der Waals surface area contributed by atoms with E-state index in [1.165, 1.54) is 0 Å². The van der Waals surface area contributed by atoms with Gasteiger partial charge in [-0.3, -0.25) is 0 Å². The minimum absolute atomic E-state index is 0.669. The fourth-order valence-corrected chi connectivity index (χ4v) is 0.897. The molecule has 0 unspecified atom stereocenters. The van der Waals surface area contributed by atoms with Crippen molar-refractivity contribution in [3.05, 3.63) is 28.0 Å². The highest BCUT2D eigenvalue weighted by molar-refractivity contribution is 6.35. The van der Waals surface area contributed by atoms with Crippen molar-refractivity contribution in [3.63, 3.8) is 0 Å². The summed E-state index contributed by atoms with van der Waals surface area (Å²) in [7, 11) is 0. The number of hydrogen-bond acceptors (Lipinski definition) is 0. The molecular weight excluding hydrogens is 157 g/mol. The Morgan fingerprint density at radius 1 is 1.22 bits per heavy atom. The Hall–Kier alpha value is -0.270. The van der Waals surface area contributed by atoms with E-state index in [9.17, 15) is 0 Å². The molecule has 0 radical (unpaired) electrons. The summed E-state index contributed by atoms with van der Waals surface area (Å²) in [6.07, 6.45) is 3.39. The van der Waals surface area contributed by atoms with Crippen LogP contribution in [0.1, 0.15) is 5.56 Å². The number of aromatic nitrogens is 1. The zero-order valence-corrected chi connectivity index (χ0v) is 6.42. The van der Waals surface area contributed by atoms with Crippen molar-refractivity contribution in [2.45, 2.75) is 6.92 Å². The van der Waals surface area contributed by atoms with Crippen LogP contribution in [0, 0.1) is 6.92 Å². The van der Waals surface area contributed by atoms with Gasteiger partial charge in [0.1, 0.15) is 10.0 Å². The molecule has 0 fully saturated rings. The number of H-pyrrole nitrogens is 1. The van der Waals surface area contributed by atoms with Crippen molar-refractivity contribution in [3.8, 4) is 0 Å². The van der Waals surface area contributed by atoms with Gasteiger partial charge < -0.3 is 0 Å². The first-order chi connectivity index (χ1) is 4.22. The van der Waals surface area contributed by atoms with Crippen LogP contribution in [0.2, 0.25) is 10.0 Å². The minimum atomic E-state index is 0.669. The third-order valence-corrected chi connectivity index (χ3v) is 1.92. The molecule has 0 saturated carbocycles. The van der Waals surface area contributed by atoms with E-state index in [2.05, 4.69) is 4.98 Å². The molecule has 0 spiro atoms. The Morgan fingerprint density at radius 3 is 2.00 bits per heavy atom. The molecule has 1 aromatic rings. The van der Waals surface area contributed by atoms with Crippen LogP contribution in [0.25, 0.3) is 0 Å². The lowest BCUT2D eigenvalue weighted by molar-refractivity contribution is -0.377. The fourth-order valence-electron chi connectivity index (χ4n) is 0.519. The van der Waals surface area contributed by atoms with Gasteiger partial charge in [0.2, 0.25) is 0 Å². The average molecular weight is 163 g/mol. The quantitative estimate of drug-likeness (QED) is 0.556. The molecule has 0 amide bonds. The second kappa shape index (κ2) is 2.54. The van der Waals surface area contributed by atoms with Crippen LogP contribution in [0.15, 0.2) is 12.4 Å². The van der Waals surface area contributed by atoms with E-state index in [1.54, 1.807) is 12.4 Å². The predicted molar refractivity (Wildman–Crippen MR) is 37.8 cm³/mol. The van der Waals surface area contributed by atoms with Gasteiger partial charge in [0.15, 0.2) is 12.4 Å². The zero-order chi connectivity index (χ0) is 6.85. The van der Waals surface area contributed by atoms with E-state index in [1.807, 2.05) is 6.92 Å². The van der Waals surface area contributed by atoms with E-state index < -0.39 is 0 Å². The van der Waals surface area contributed by atoms with E-state index in [4.69, 9.17) is 23.2 Å². The largest absolute Gasteiger partial charge is 0.215 e. The normalized spacial score (nSPS) is 9.67. The van der Waals surface area contributed by atoms with Crippen LogP contribution in [-0.4, -0.2) is 0 Å². The molecule has 0 aliphatic carbocycles. The molecule has 9 heavy (non-hydrogen) atoms. The molecule has 1 rings (SSSR count). The molecule has 1 aromatic heterocycles. The van der Waals surface area contributed by atoms with Crippen LogP contribution in [0.5, 0.6) is 0 Å². The summed E-state index contributed by atoms with van der Waals surface area (Å²) >= 11 is 11.4. The SMILES string of the molecule is Cc1c(Cl)c[nH+]cc1Cl. The Bertz CT molecular complexity index is 202. The summed E-state index contributed by atoms with van der Waals surface area (Å²) in [5.41, 5.74) is 0.914. The van der Waals surface area contributed by atoms with Gasteiger partial charge in [0, 0.05) is 0 Å². The standard InChI is InChI=1S/C6H5Cl2N/c1-4-5(7)2-9-3-6(4)8/h2-3H,1H3/p+1. The number of rotatable bonds is 0. The van der Waals surface area contributed by atoms with Gasteiger partial charge in [-0.2, -0.15) is 0 Å². The lowest BCUT2D eigenvalue weighted by atomic mass is 10.3. The maximum absolute atomic E-state index is 5.70. The van der Waals surface area contributed by atoms with Crippen molar-refractivity contribution >= 4 is 23.2 Å². The van der Waals surface area contributed by atoms with Crippen LogP contribution in [0.4, 0.5) is 0 Å². The molecule has 0 atom stereocenters. The Labute approximate surface area is 63.6 Å². The van der Waals surface area contributed by atoms with E-state index in [0.29, 0.717) is 10.0 Å². The monoisotopic (exact) mass is 162 g/mol. The molecular formula is C6H6Cl2N+. The van der Waals surface area contributed by atoms with Gasteiger partial charge >= 0.3 is 0 Å². The number of aromatic amines is 1. The highest BCUT2D eigenvalue weighted by Gasteiger charge is 2.01. The first-order valence-corrected chi connectivity index (χ1v) is 3.29. The smallest absolute Gasteiger partial charge is 0.186 e. The van der Waals surface area contributed by atoms with Crippen LogP contribution in [-0.2, 0) is 0 Å². The summed E-state index contributed by atoms with van der Waals surface area (Å²) in [4.78, 5) is 2.81. The van der Waals surface area contributed by atoms with Crippen LogP contribution >= 0.6 is 23.2 Å². The fraction of sp³-hybridized carbons (Fsp3) is 0.167. The van der Waals surface area contributed by atoms with Gasteiger partial charge in [0.25, 0.3) is 0 Å². The van der Waals surface area contributed by atoms with Gasteiger partial charge in [-0.1, -0.05) is 23.2 Å². The second-order valence-corrected chi connectivity index (χ2v) is 2.59. The number of hydrogen-bond donors (Lipinski definition) is 0. The zero-order valence-electron chi connectivity index (χ0n) is 4.91. The molecule has 1 N–H and O–H groups in total. The van der Waals surface area contributed by atoms with Gasteiger partial charge in [-0.25, -0.2) is 4.98 Å². The molecule has 3 heteroatoms. The number of halogens is 2. The maximum atomic E-state index is 5.70. The lowest BCUT2D eigenvalue weighted by Crippen LogP contribution is -1.99. The van der Waals surface area contributed by atoms with E-state index in [0.717, 1.165) is 5.56 Å². The molecule has 0 aromatic carbocycles. The summed E-state index contributed by atoms with van der Waals surface area (Å²) in [5.74, 6) is 0. The first kappa shape index (κ1) is 6.84. The third kappa shape index (κ3) is 1.35. The molecule has 48 valence electrons. The maximum Gasteiger partial charge on any atom is 0.186 e. The summed E-state index contributed by atoms with van der Waals surface area (Å²) in [6, 6.07) is 0. The molecule has 0 aliphatic rings.